The number of phenols is 1. The van der Waals surface area contributed by atoms with Crippen molar-refractivity contribution < 1.29 is 19.7 Å². The Kier molecular flexibility index (Phi) is 4.92. The molecule has 0 saturated heterocycles. The van der Waals surface area contributed by atoms with Crippen LogP contribution in [0.1, 0.15) is 24.0 Å². The number of phenolic OH excluding ortho intramolecular Hbond substituents is 1. The van der Waals surface area contributed by atoms with Crippen LogP contribution in [0.25, 0.3) is 0 Å². The summed E-state index contributed by atoms with van der Waals surface area (Å²) in [5, 5.41) is 19.6. The maximum Gasteiger partial charge on any atom is 0.330 e. The number of esters is 1. The third-order valence-electron chi connectivity index (χ3n) is 2.71. The fourth-order valence-electron chi connectivity index (χ4n) is 1.71. The van der Waals surface area contributed by atoms with Gasteiger partial charge in [0.2, 0.25) is 0 Å². The SMILES string of the molecule is COC(=O)/C=C/[C@@H](c1ccc(C)cc1O)[C@H](C)O. The topological polar surface area (TPSA) is 66.8 Å². The number of aromatic hydroxyl groups is 1. The largest absolute Gasteiger partial charge is 0.508 e. The molecule has 0 aliphatic carbocycles. The smallest absolute Gasteiger partial charge is 0.330 e. The van der Waals surface area contributed by atoms with Gasteiger partial charge < -0.3 is 14.9 Å². The highest BCUT2D eigenvalue weighted by Crippen LogP contribution is 2.30. The van der Waals surface area contributed by atoms with E-state index in [4.69, 9.17) is 0 Å². The molecule has 0 aliphatic rings. The molecule has 0 heterocycles. The highest BCUT2D eigenvalue weighted by molar-refractivity contribution is 5.82. The Hall–Kier alpha value is -1.81. The van der Waals surface area contributed by atoms with E-state index in [1.165, 1.54) is 19.3 Å². The van der Waals surface area contributed by atoms with Gasteiger partial charge in [-0.3, -0.25) is 0 Å². The minimum atomic E-state index is -0.723. The number of ether oxygens (including phenoxy) is 1. The Morgan fingerprint density at radius 3 is 2.61 bits per heavy atom. The van der Waals surface area contributed by atoms with E-state index in [1.54, 1.807) is 19.1 Å². The average Bonchev–Trinajstić information content (AvgIpc) is 2.31. The zero-order chi connectivity index (χ0) is 13.7. The second-order valence-electron chi connectivity index (χ2n) is 4.21. The molecule has 0 saturated carbocycles. The van der Waals surface area contributed by atoms with E-state index >= 15 is 0 Å². The molecule has 0 radical (unpaired) electrons. The van der Waals surface area contributed by atoms with Gasteiger partial charge in [-0.15, -0.1) is 0 Å². The van der Waals surface area contributed by atoms with Crippen molar-refractivity contribution in [2.24, 2.45) is 0 Å². The molecule has 0 amide bonds. The number of carbonyl (C=O) groups excluding carboxylic acids is 1. The third-order valence-corrected chi connectivity index (χ3v) is 2.71. The Morgan fingerprint density at radius 1 is 1.44 bits per heavy atom. The molecule has 0 fully saturated rings. The van der Waals surface area contributed by atoms with Crippen LogP contribution >= 0.6 is 0 Å². The summed E-state index contributed by atoms with van der Waals surface area (Å²) in [6.07, 6.45) is 2.05. The van der Waals surface area contributed by atoms with Crippen LogP contribution < -0.4 is 0 Å². The summed E-state index contributed by atoms with van der Waals surface area (Å²) in [6.45, 7) is 3.47. The normalized spacial score (nSPS) is 14.4. The molecule has 1 aromatic carbocycles. The molecule has 0 unspecified atom stereocenters. The second-order valence-corrected chi connectivity index (χ2v) is 4.21. The first-order chi connectivity index (χ1) is 8.45. The van der Waals surface area contributed by atoms with Crippen molar-refractivity contribution >= 4 is 5.97 Å². The summed E-state index contributed by atoms with van der Waals surface area (Å²) >= 11 is 0. The van der Waals surface area contributed by atoms with Crippen LogP contribution in [-0.2, 0) is 9.53 Å². The fourth-order valence-corrected chi connectivity index (χ4v) is 1.71. The van der Waals surface area contributed by atoms with E-state index in [1.807, 2.05) is 13.0 Å². The lowest BCUT2D eigenvalue weighted by Gasteiger charge is -2.18. The van der Waals surface area contributed by atoms with E-state index in [-0.39, 0.29) is 5.75 Å². The van der Waals surface area contributed by atoms with Crippen LogP contribution in [0.2, 0.25) is 0 Å². The highest BCUT2D eigenvalue weighted by atomic mass is 16.5. The number of rotatable bonds is 4. The van der Waals surface area contributed by atoms with Gasteiger partial charge in [-0.25, -0.2) is 4.79 Å². The van der Waals surface area contributed by atoms with Gasteiger partial charge in [-0.2, -0.15) is 0 Å². The molecular weight excluding hydrogens is 232 g/mol. The zero-order valence-electron chi connectivity index (χ0n) is 10.8. The molecule has 0 aliphatic heterocycles. The van der Waals surface area contributed by atoms with Crippen LogP contribution in [0.5, 0.6) is 5.75 Å². The highest BCUT2D eigenvalue weighted by Gasteiger charge is 2.18. The van der Waals surface area contributed by atoms with Crippen molar-refractivity contribution in [3.05, 3.63) is 41.5 Å². The lowest BCUT2D eigenvalue weighted by Crippen LogP contribution is -2.13. The maximum absolute atomic E-state index is 11.1. The lowest BCUT2D eigenvalue weighted by atomic mass is 9.92. The van der Waals surface area contributed by atoms with Crippen LogP contribution in [0.4, 0.5) is 0 Å². The van der Waals surface area contributed by atoms with Gasteiger partial charge in [0, 0.05) is 17.6 Å². The van der Waals surface area contributed by atoms with Gasteiger partial charge in [-0.05, 0) is 25.5 Å². The summed E-state index contributed by atoms with van der Waals surface area (Å²) < 4.78 is 4.50. The molecular formula is C14H18O4. The first kappa shape index (κ1) is 14.3. The van der Waals surface area contributed by atoms with Crippen LogP contribution in [-0.4, -0.2) is 29.4 Å². The van der Waals surface area contributed by atoms with Crippen molar-refractivity contribution in [1.82, 2.24) is 0 Å². The van der Waals surface area contributed by atoms with Crippen LogP contribution in [0.3, 0.4) is 0 Å². The van der Waals surface area contributed by atoms with Crippen LogP contribution in [0, 0.1) is 6.92 Å². The minimum Gasteiger partial charge on any atom is -0.508 e. The molecule has 4 nitrogen and oxygen atoms in total. The van der Waals surface area contributed by atoms with Crippen LogP contribution in [0.15, 0.2) is 30.4 Å². The van der Waals surface area contributed by atoms with Gasteiger partial charge in [0.15, 0.2) is 0 Å². The lowest BCUT2D eigenvalue weighted by molar-refractivity contribution is -0.134. The fraction of sp³-hybridized carbons (Fsp3) is 0.357. The first-order valence-electron chi connectivity index (χ1n) is 5.69. The first-order valence-corrected chi connectivity index (χ1v) is 5.69. The number of benzene rings is 1. The van der Waals surface area contributed by atoms with E-state index in [0.717, 1.165) is 5.56 Å². The minimum absolute atomic E-state index is 0.107. The third kappa shape index (κ3) is 3.60. The molecule has 1 rings (SSSR count). The molecule has 18 heavy (non-hydrogen) atoms. The summed E-state index contributed by atoms with van der Waals surface area (Å²) in [5.41, 5.74) is 1.51. The summed E-state index contributed by atoms with van der Waals surface area (Å²) in [6, 6.07) is 5.21. The molecule has 1 aromatic rings. The molecule has 98 valence electrons. The van der Waals surface area contributed by atoms with Crippen molar-refractivity contribution in [2.45, 2.75) is 25.9 Å². The zero-order valence-corrected chi connectivity index (χ0v) is 10.8. The molecule has 2 atom stereocenters. The van der Waals surface area contributed by atoms with Gasteiger partial charge >= 0.3 is 5.97 Å². The average molecular weight is 250 g/mol. The van der Waals surface area contributed by atoms with Crippen molar-refractivity contribution in [2.75, 3.05) is 7.11 Å². The van der Waals surface area contributed by atoms with Gasteiger partial charge in [-0.1, -0.05) is 18.2 Å². The van der Waals surface area contributed by atoms with E-state index in [2.05, 4.69) is 4.74 Å². The molecule has 0 aromatic heterocycles. The number of aryl methyl sites for hydroxylation is 1. The number of hydrogen-bond donors (Lipinski definition) is 2. The maximum atomic E-state index is 11.1. The number of hydrogen-bond acceptors (Lipinski definition) is 4. The van der Waals surface area contributed by atoms with Gasteiger partial charge in [0.05, 0.1) is 13.2 Å². The number of aliphatic hydroxyl groups is 1. The summed E-state index contributed by atoms with van der Waals surface area (Å²) in [7, 11) is 1.29. The molecule has 0 bridgehead atoms. The molecule has 2 N–H and O–H groups in total. The molecule has 0 spiro atoms. The standard InChI is InChI=1S/C14H18O4/c1-9-4-5-12(13(16)8-9)11(10(2)15)6-7-14(17)18-3/h4-8,10-11,15-16H,1-3H3/b7-6+/t10-,11+/m0/s1. The monoisotopic (exact) mass is 250 g/mol. The second kappa shape index (κ2) is 6.21. The van der Waals surface area contributed by atoms with Crippen molar-refractivity contribution in [3.8, 4) is 5.75 Å². The van der Waals surface area contributed by atoms with Gasteiger partial charge in [0.25, 0.3) is 0 Å². The van der Waals surface area contributed by atoms with E-state index in [0.29, 0.717) is 5.56 Å². The molecule has 4 heteroatoms. The van der Waals surface area contributed by atoms with Gasteiger partial charge in [0.1, 0.15) is 5.75 Å². The van der Waals surface area contributed by atoms with Crippen molar-refractivity contribution in [3.63, 3.8) is 0 Å². The van der Waals surface area contributed by atoms with E-state index < -0.39 is 18.0 Å². The van der Waals surface area contributed by atoms with E-state index in [9.17, 15) is 15.0 Å². The predicted octanol–water partition coefficient (Wildman–Crippen LogP) is 1.89. The number of methoxy groups -OCH3 is 1. The summed E-state index contributed by atoms with van der Waals surface area (Å²) in [4.78, 5) is 11.1. The Labute approximate surface area is 107 Å². The predicted molar refractivity (Wildman–Crippen MR) is 68.4 cm³/mol. The Morgan fingerprint density at radius 2 is 2.11 bits per heavy atom. The Bertz CT molecular complexity index is 449. The number of aliphatic hydroxyl groups excluding tert-OH is 1. The van der Waals surface area contributed by atoms with Crippen molar-refractivity contribution in [1.29, 1.82) is 0 Å². The summed E-state index contributed by atoms with van der Waals surface area (Å²) in [5.74, 6) is -0.840. The Balaban J connectivity index is 3.05. The quantitative estimate of drug-likeness (QED) is 0.632. The number of carbonyl (C=O) groups is 1.